The van der Waals surface area contributed by atoms with Gasteiger partial charge in [-0.05, 0) is 18.8 Å². The number of rotatable bonds is 5. The van der Waals surface area contributed by atoms with Crippen LogP contribution in [-0.4, -0.2) is 6.71 Å². The van der Waals surface area contributed by atoms with Crippen molar-refractivity contribution in [2.75, 3.05) is 0 Å². The van der Waals surface area contributed by atoms with Crippen molar-refractivity contribution in [3.63, 3.8) is 0 Å². The molecule has 0 aliphatic carbocycles. The largest absolute Gasteiger partial charge is 0.170 e. The second kappa shape index (κ2) is 5.69. The lowest BCUT2D eigenvalue weighted by Crippen LogP contribution is -2.20. The maximum absolute atomic E-state index is 3.85. The van der Waals surface area contributed by atoms with Gasteiger partial charge >= 0.3 is 0 Å². The Morgan fingerprint density at radius 3 is 2.71 bits per heavy atom. The van der Waals surface area contributed by atoms with Gasteiger partial charge < -0.3 is 0 Å². The quantitative estimate of drug-likeness (QED) is 0.451. The molecule has 0 saturated heterocycles. The zero-order chi connectivity index (χ0) is 10.4. The third kappa shape index (κ3) is 3.06. The summed E-state index contributed by atoms with van der Waals surface area (Å²) in [6.45, 7) is 12.1. The van der Waals surface area contributed by atoms with E-state index in [1.54, 1.807) is 0 Å². The highest BCUT2D eigenvalue weighted by Crippen LogP contribution is 2.29. The van der Waals surface area contributed by atoms with E-state index in [0.29, 0.717) is 6.71 Å². The highest BCUT2D eigenvalue weighted by atomic mass is 14.1. The van der Waals surface area contributed by atoms with Gasteiger partial charge in [0.2, 0.25) is 0 Å². The first kappa shape index (κ1) is 11.1. The second-order valence-electron chi connectivity index (χ2n) is 4.06. The molecule has 1 aliphatic heterocycles. The SMILES string of the molecule is C=CCB1C=C(C=C)CC(CC=C)C1. The van der Waals surface area contributed by atoms with Crippen molar-refractivity contribution in [3.05, 3.63) is 49.5 Å². The fourth-order valence-corrected chi connectivity index (χ4v) is 2.23. The fourth-order valence-electron chi connectivity index (χ4n) is 2.23. The van der Waals surface area contributed by atoms with Crippen LogP contribution in [-0.2, 0) is 0 Å². The summed E-state index contributed by atoms with van der Waals surface area (Å²) < 4.78 is 0. The van der Waals surface area contributed by atoms with Gasteiger partial charge in [-0.25, -0.2) is 0 Å². The molecule has 0 spiro atoms. The summed E-state index contributed by atoms with van der Waals surface area (Å²) in [6.07, 6.45) is 10.7. The van der Waals surface area contributed by atoms with Crippen LogP contribution >= 0.6 is 0 Å². The highest BCUT2D eigenvalue weighted by molar-refractivity contribution is 6.65. The van der Waals surface area contributed by atoms with E-state index in [1.807, 2.05) is 18.2 Å². The van der Waals surface area contributed by atoms with Crippen LogP contribution in [0.3, 0.4) is 0 Å². The molecule has 1 unspecified atom stereocenters. The molecule has 0 bridgehead atoms. The molecular weight excluding hydrogens is 167 g/mol. The van der Waals surface area contributed by atoms with Gasteiger partial charge in [0, 0.05) is 0 Å². The minimum Gasteiger partial charge on any atom is -0.112 e. The monoisotopic (exact) mass is 186 g/mol. The van der Waals surface area contributed by atoms with Crippen molar-refractivity contribution in [1.82, 2.24) is 0 Å². The number of hydrogen-bond acceptors (Lipinski definition) is 0. The minimum absolute atomic E-state index is 0.666. The average Bonchev–Trinajstić information content (AvgIpc) is 2.18. The molecule has 0 aromatic rings. The molecule has 1 rings (SSSR count). The van der Waals surface area contributed by atoms with E-state index >= 15 is 0 Å². The Labute approximate surface area is 88.2 Å². The Morgan fingerprint density at radius 1 is 1.36 bits per heavy atom. The predicted molar refractivity (Wildman–Crippen MR) is 66.8 cm³/mol. The van der Waals surface area contributed by atoms with Crippen LogP contribution in [0.5, 0.6) is 0 Å². The van der Waals surface area contributed by atoms with Crippen LogP contribution < -0.4 is 0 Å². The normalized spacial score (nSPS) is 21.3. The summed E-state index contributed by atoms with van der Waals surface area (Å²) in [7, 11) is 0. The van der Waals surface area contributed by atoms with Gasteiger partial charge in [-0.2, -0.15) is 0 Å². The Bertz CT molecular complexity index is 250. The molecule has 0 radical (unpaired) electrons. The van der Waals surface area contributed by atoms with Crippen molar-refractivity contribution in [2.24, 2.45) is 5.92 Å². The van der Waals surface area contributed by atoms with E-state index in [2.05, 4.69) is 25.7 Å². The molecule has 74 valence electrons. The Morgan fingerprint density at radius 2 is 2.14 bits per heavy atom. The zero-order valence-corrected chi connectivity index (χ0v) is 8.91. The minimum atomic E-state index is 0.666. The van der Waals surface area contributed by atoms with Crippen molar-refractivity contribution < 1.29 is 0 Å². The first-order valence-electron chi connectivity index (χ1n) is 5.35. The summed E-state index contributed by atoms with van der Waals surface area (Å²) in [5, 5.41) is 0. The van der Waals surface area contributed by atoms with E-state index in [9.17, 15) is 0 Å². The molecule has 0 saturated carbocycles. The molecule has 1 atom stereocenters. The van der Waals surface area contributed by atoms with Gasteiger partial charge in [0.1, 0.15) is 0 Å². The molecule has 1 heteroatoms. The van der Waals surface area contributed by atoms with Crippen LogP contribution in [0.2, 0.25) is 12.6 Å². The Balaban J connectivity index is 2.64. The van der Waals surface area contributed by atoms with Gasteiger partial charge in [-0.1, -0.05) is 43.0 Å². The third-order valence-corrected chi connectivity index (χ3v) is 2.84. The highest BCUT2D eigenvalue weighted by Gasteiger charge is 2.21. The van der Waals surface area contributed by atoms with Gasteiger partial charge in [-0.15, -0.1) is 19.1 Å². The first-order chi connectivity index (χ1) is 6.80. The summed E-state index contributed by atoms with van der Waals surface area (Å²) in [5.41, 5.74) is 1.40. The molecule has 0 aromatic carbocycles. The van der Waals surface area contributed by atoms with Crippen LogP contribution in [0, 0.1) is 5.92 Å². The lowest BCUT2D eigenvalue weighted by molar-refractivity contribution is 0.580. The molecule has 0 fully saturated rings. The van der Waals surface area contributed by atoms with Gasteiger partial charge in [0.15, 0.2) is 6.71 Å². The summed E-state index contributed by atoms with van der Waals surface area (Å²) in [5.74, 6) is 3.12. The maximum atomic E-state index is 3.85. The second-order valence-corrected chi connectivity index (χ2v) is 4.06. The third-order valence-electron chi connectivity index (χ3n) is 2.84. The predicted octanol–water partition coefficient (Wildman–Crippen LogP) is 3.91. The van der Waals surface area contributed by atoms with Crippen LogP contribution in [0.4, 0.5) is 0 Å². The smallest absolute Gasteiger partial charge is 0.112 e. The summed E-state index contributed by atoms with van der Waals surface area (Å²) >= 11 is 0. The zero-order valence-electron chi connectivity index (χ0n) is 8.91. The van der Waals surface area contributed by atoms with E-state index < -0.39 is 0 Å². The molecule has 0 N–H and O–H groups in total. The molecule has 0 aromatic heterocycles. The van der Waals surface area contributed by atoms with Crippen molar-refractivity contribution >= 4 is 6.71 Å². The van der Waals surface area contributed by atoms with E-state index in [1.165, 1.54) is 18.3 Å². The van der Waals surface area contributed by atoms with Gasteiger partial charge in [0.05, 0.1) is 0 Å². The molecule has 0 amide bonds. The van der Waals surface area contributed by atoms with E-state index in [-0.39, 0.29) is 0 Å². The summed E-state index contributed by atoms with van der Waals surface area (Å²) in [4.78, 5) is 0. The van der Waals surface area contributed by atoms with Crippen molar-refractivity contribution in [1.29, 1.82) is 0 Å². The maximum Gasteiger partial charge on any atom is 0.170 e. The molecule has 0 nitrogen and oxygen atoms in total. The van der Waals surface area contributed by atoms with Crippen molar-refractivity contribution in [2.45, 2.75) is 25.5 Å². The van der Waals surface area contributed by atoms with Crippen LogP contribution in [0.15, 0.2) is 49.5 Å². The van der Waals surface area contributed by atoms with Gasteiger partial charge in [0.25, 0.3) is 0 Å². The Hall–Kier alpha value is -0.975. The Kier molecular flexibility index (Phi) is 4.51. The first-order valence-corrected chi connectivity index (χ1v) is 5.35. The lowest BCUT2D eigenvalue weighted by Gasteiger charge is -2.24. The standard InChI is InChI=1S/C13H19B/c1-4-7-13-9-12(6-3)10-14(11-13)8-5-2/h4-6,10,13H,1-3,7-9,11H2. The van der Waals surface area contributed by atoms with E-state index in [4.69, 9.17) is 0 Å². The topological polar surface area (TPSA) is 0 Å². The molecule has 1 aliphatic rings. The number of hydrogen-bond donors (Lipinski definition) is 0. The molecular formula is C13H19B. The van der Waals surface area contributed by atoms with Crippen molar-refractivity contribution in [3.8, 4) is 0 Å². The van der Waals surface area contributed by atoms with E-state index in [0.717, 1.165) is 18.7 Å². The fraction of sp³-hybridized carbons (Fsp3) is 0.385. The molecule has 14 heavy (non-hydrogen) atoms. The summed E-state index contributed by atoms with van der Waals surface area (Å²) in [6, 6.07) is 0. The average molecular weight is 186 g/mol. The lowest BCUT2D eigenvalue weighted by atomic mass is 9.40. The van der Waals surface area contributed by atoms with Gasteiger partial charge in [-0.3, -0.25) is 0 Å². The van der Waals surface area contributed by atoms with Crippen LogP contribution in [0.25, 0.3) is 0 Å². The van der Waals surface area contributed by atoms with Crippen LogP contribution in [0.1, 0.15) is 12.8 Å². The number of allylic oxidation sites excluding steroid dienone is 4. The molecule has 1 heterocycles.